The predicted molar refractivity (Wildman–Crippen MR) is 98.7 cm³/mol. The Labute approximate surface area is 152 Å². The number of likely N-dealkylation sites (tertiary alicyclic amines) is 1. The van der Waals surface area contributed by atoms with Gasteiger partial charge in [-0.05, 0) is 24.5 Å². The smallest absolute Gasteiger partial charge is 0.322 e. The van der Waals surface area contributed by atoms with Crippen LogP contribution in [0.2, 0.25) is 5.02 Å². The molecule has 1 unspecified atom stereocenters. The van der Waals surface area contributed by atoms with Gasteiger partial charge in [-0.15, -0.1) is 0 Å². The van der Waals surface area contributed by atoms with Crippen LogP contribution in [0.25, 0.3) is 0 Å². The van der Waals surface area contributed by atoms with E-state index in [0.717, 1.165) is 24.9 Å². The van der Waals surface area contributed by atoms with Gasteiger partial charge >= 0.3 is 6.03 Å². The fourth-order valence-corrected chi connectivity index (χ4v) is 3.42. The van der Waals surface area contributed by atoms with Crippen LogP contribution in [-0.4, -0.2) is 31.7 Å². The lowest BCUT2D eigenvalue weighted by atomic mass is 10.1. The Morgan fingerprint density at radius 3 is 2.56 bits per heavy atom. The summed E-state index contributed by atoms with van der Waals surface area (Å²) >= 11 is 6.18. The second-order valence-electron chi connectivity index (χ2n) is 5.88. The molecular weight excluding hydrogens is 340 g/mol. The van der Waals surface area contributed by atoms with Gasteiger partial charge in [0.15, 0.2) is 0 Å². The summed E-state index contributed by atoms with van der Waals surface area (Å²) < 4.78 is 10.5. The molecule has 3 rings (SSSR count). The van der Waals surface area contributed by atoms with E-state index in [1.807, 2.05) is 23.1 Å². The van der Waals surface area contributed by atoms with Gasteiger partial charge in [0.1, 0.15) is 11.5 Å². The molecule has 5 nitrogen and oxygen atoms in total. The molecule has 1 N–H and O–H groups in total. The first-order chi connectivity index (χ1) is 12.1. The molecule has 0 bridgehead atoms. The zero-order chi connectivity index (χ0) is 17.8. The molecule has 1 aliphatic rings. The van der Waals surface area contributed by atoms with Crippen LogP contribution < -0.4 is 14.8 Å². The van der Waals surface area contributed by atoms with E-state index >= 15 is 0 Å². The van der Waals surface area contributed by atoms with Gasteiger partial charge < -0.3 is 19.7 Å². The molecule has 2 amide bonds. The predicted octanol–water partition coefficient (Wildman–Crippen LogP) is 4.73. The maximum Gasteiger partial charge on any atom is 0.322 e. The molecule has 2 aromatic carbocycles. The Hall–Kier alpha value is -2.40. The SMILES string of the molecule is COc1cc(OC)c(NC(=O)N2CCCC2c2ccccc2)cc1Cl. The Kier molecular flexibility index (Phi) is 5.34. The van der Waals surface area contributed by atoms with Crippen molar-refractivity contribution in [2.75, 3.05) is 26.1 Å². The number of benzene rings is 2. The molecular formula is C19H21ClN2O3. The average molecular weight is 361 g/mol. The van der Waals surface area contributed by atoms with Crippen LogP contribution in [0.3, 0.4) is 0 Å². The summed E-state index contributed by atoms with van der Waals surface area (Å²) in [6, 6.07) is 13.3. The van der Waals surface area contributed by atoms with Crippen LogP contribution in [0.1, 0.15) is 24.4 Å². The van der Waals surface area contributed by atoms with Crippen LogP contribution >= 0.6 is 11.6 Å². The van der Waals surface area contributed by atoms with Crippen LogP contribution in [0, 0.1) is 0 Å². The van der Waals surface area contributed by atoms with Crippen molar-refractivity contribution in [3.63, 3.8) is 0 Å². The average Bonchev–Trinajstić information content (AvgIpc) is 3.12. The lowest BCUT2D eigenvalue weighted by molar-refractivity contribution is 0.207. The van der Waals surface area contributed by atoms with Gasteiger partial charge in [0.05, 0.1) is 31.0 Å². The molecule has 1 heterocycles. The molecule has 6 heteroatoms. The van der Waals surface area contributed by atoms with E-state index in [4.69, 9.17) is 21.1 Å². The standard InChI is InChI=1S/C19H21ClN2O3/c1-24-17-12-18(25-2)15(11-14(17)20)21-19(23)22-10-6-9-16(22)13-7-4-3-5-8-13/h3-5,7-8,11-12,16H,6,9-10H2,1-2H3,(H,21,23). The highest BCUT2D eigenvalue weighted by Gasteiger charge is 2.30. The fraction of sp³-hybridized carbons (Fsp3) is 0.316. The summed E-state index contributed by atoms with van der Waals surface area (Å²) in [7, 11) is 3.08. The Balaban J connectivity index is 1.81. The third kappa shape index (κ3) is 3.66. The lowest BCUT2D eigenvalue weighted by Crippen LogP contribution is -2.34. The molecule has 0 aromatic heterocycles. The monoisotopic (exact) mass is 360 g/mol. The number of urea groups is 1. The highest BCUT2D eigenvalue weighted by Crippen LogP contribution is 2.37. The number of methoxy groups -OCH3 is 2. The van der Waals surface area contributed by atoms with Crippen molar-refractivity contribution in [1.29, 1.82) is 0 Å². The van der Waals surface area contributed by atoms with E-state index < -0.39 is 0 Å². The Morgan fingerprint density at radius 1 is 1.16 bits per heavy atom. The normalized spacial score (nSPS) is 16.6. The van der Waals surface area contributed by atoms with Gasteiger partial charge in [-0.1, -0.05) is 41.9 Å². The van der Waals surface area contributed by atoms with E-state index in [1.165, 1.54) is 7.11 Å². The van der Waals surface area contributed by atoms with Gasteiger partial charge in [-0.2, -0.15) is 0 Å². The van der Waals surface area contributed by atoms with E-state index in [-0.39, 0.29) is 12.1 Å². The number of ether oxygens (including phenoxy) is 2. The number of amides is 2. The zero-order valence-corrected chi connectivity index (χ0v) is 15.0. The van der Waals surface area contributed by atoms with E-state index in [2.05, 4.69) is 17.4 Å². The van der Waals surface area contributed by atoms with Crippen LogP contribution in [0.5, 0.6) is 11.5 Å². The third-order valence-electron chi connectivity index (χ3n) is 4.41. The fourth-order valence-electron chi connectivity index (χ4n) is 3.18. The lowest BCUT2D eigenvalue weighted by Gasteiger charge is -2.26. The Bertz CT molecular complexity index is 752. The van der Waals surface area contributed by atoms with E-state index in [1.54, 1.807) is 19.2 Å². The van der Waals surface area contributed by atoms with E-state index in [9.17, 15) is 4.79 Å². The maximum atomic E-state index is 12.8. The van der Waals surface area contributed by atoms with Gasteiger partial charge in [-0.25, -0.2) is 4.79 Å². The zero-order valence-electron chi connectivity index (χ0n) is 14.3. The molecule has 0 aliphatic carbocycles. The number of nitrogens with zero attached hydrogens (tertiary/aromatic N) is 1. The number of carbonyl (C=O) groups excluding carboxylic acids is 1. The first-order valence-corrected chi connectivity index (χ1v) is 8.56. The maximum absolute atomic E-state index is 12.8. The van der Waals surface area contributed by atoms with Crippen LogP contribution in [-0.2, 0) is 0 Å². The number of anilines is 1. The van der Waals surface area contributed by atoms with Crippen molar-refractivity contribution in [2.24, 2.45) is 0 Å². The van der Waals surface area contributed by atoms with Crippen molar-refractivity contribution in [3.05, 3.63) is 53.1 Å². The quantitative estimate of drug-likeness (QED) is 0.857. The number of hydrogen-bond donors (Lipinski definition) is 1. The minimum Gasteiger partial charge on any atom is -0.495 e. The van der Waals surface area contributed by atoms with Gasteiger partial charge in [0.25, 0.3) is 0 Å². The Morgan fingerprint density at radius 2 is 1.88 bits per heavy atom. The summed E-state index contributed by atoms with van der Waals surface area (Å²) in [4.78, 5) is 14.7. The number of rotatable bonds is 4. The number of hydrogen-bond acceptors (Lipinski definition) is 3. The molecule has 0 radical (unpaired) electrons. The first-order valence-electron chi connectivity index (χ1n) is 8.18. The number of halogens is 1. The van der Waals surface area contributed by atoms with Gasteiger partial charge in [-0.3, -0.25) is 0 Å². The molecule has 2 aromatic rings. The topological polar surface area (TPSA) is 50.8 Å². The third-order valence-corrected chi connectivity index (χ3v) is 4.71. The first kappa shape index (κ1) is 17.4. The molecule has 0 spiro atoms. The van der Waals surface area contributed by atoms with Gasteiger partial charge in [0, 0.05) is 12.6 Å². The molecule has 1 saturated heterocycles. The molecule has 0 saturated carbocycles. The highest BCUT2D eigenvalue weighted by molar-refractivity contribution is 6.32. The van der Waals surface area contributed by atoms with Crippen molar-refractivity contribution < 1.29 is 14.3 Å². The summed E-state index contributed by atoms with van der Waals surface area (Å²) in [5.74, 6) is 1.00. The minimum absolute atomic E-state index is 0.0842. The molecule has 1 aliphatic heterocycles. The van der Waals surface area contributed by atoms with Crippen molar-refractivity contribution in [3.8, 4) is 11.5 Å². The summed E-state index contributed by atoms with van der Waals surface area (Å²) in [6.45, 7) is 0.720. The molecule has 132 valence electrons. The van der Waals surface area contributed by atoms with Crippen molar-refractivity contribution >= 4 is 23.3 Å². The second kappa shape index (κ2) is 7.66. The summed E-state index contributed by atoms with van der Waals surface area (Å²) in [6.07, 6.45) is 1.94. The molecule has 1 atom stereocenters. The highest BCUT2D eigenvalue weighted by atomic mass is 35.5. The van der Waals surface area contributed by atoms with Gasteiger partial charge in [0.2, 0.25) is 0 Å². The summed E-state index contributed by atoms with van der Waals surface area (Å²) in [5, 5.41) is 3.33. The van der Waals surface area contributed by atoms with Crippen molar-refractivity contribution in [2.45, 2.75) is 18.9 Å². The van der Waals surface area contributed by atoms with E-state index in [0.29, 0.717) is 22.2 Å². The van der Waals surface area contributed by atoms with Crippen molar-refractivity contribution in [1.82, 2.24) is 4.90 Å². The van der Waals surface area contributed by atoms with Crippen LogP contribution in [0.4, 0.5) is 10.5 Å². The second-order valence-corrected chi connectivity index (χ2v) is 6.29. The molecule has 1 fully saturated rings. The van der Waals surface area contributed by atoms with Crippen LogP contribution in [0.15, 0.2) is 42.5 Å². The number of nitrogens with one attached hydrogen (secondary N) is 1. The molecule has 25 heavy (non-hydrogen) atoms. The minimum atomic E-state index is -0.161. The number of carbonyl (C=O) groups is 1. The summed E-state index contributed by atoms with van der Waals surface area (Å²) in [5.41, 5.74) is 1.67. The largest absolute Gasteiger partial charge is 0.495 e.